The first-order valence-corrected chi connectivity index (χ1v) is 13.3. The van der Waals surface area contributed by atoms with Gasteiger partial charge in [0.05, 0.1) is 11.6 Å². The summed E-state index contributed by atoms with van der Waals surface area (Å²) in [7, 11) is 0. The number of benzene rings is 3. The van der Waals surface area contributed by atoms with Crippen molar-refractivity contribution < 1.29 is 19.4 Å². The summed E-state index contributed by atoms with van der Waals surface area (Å²) in [4.78, 5) is 32.1. The molecule has 5 rings (SSSR count). The lowest BCUT2D eigenvalue weighted by Gasteiger charge is -2.23. The number of hydrogen-bond acceptors (Lipinski definition) is 6. The molecule has 2 heterocycles. The molecule has 4 aromatic rings. The molecule has 0 aliphatic carbocycles. The third kappa shape index (κ3) is 4.97. The number of nitrogens with zero attached hydrogens (tertiary/aromatic N) is 2. The molecule has 0 radical (unpaired) electrons. The number of anilines is 1. The number of thiazole rings is 1. The molecular weight excluding hydrogens is 496 g/mol. The molecule has 0 unspecified atom stereocenters. The normalized spacial score (nSPS) is 16.8. The lowest BCUT2D eigenvalue weighted by Crippen LogP contribution is -2.29. The molecule has 0 saturated carbocycles. The van der Waals surface area contributed by atoms with Gasteiger partial charge >= 0.3 is 5.91 Å². The van der Waals surface area contributed by atoms with Gasteiger partial charge in [-0.05, 0) is 53.8 Å². The molecule has 7 heteroatoms. The monoisotopic (exact) mass is 524 g/mol. The first-order valence-electron chi connectivity index (χ1n) is 12.4. The Morgan fingerprint density at radius 1 is 1.05 bits per heavy atom. The molecule has 1 fully saturated rings. The Morgan fingerprint density at radius 2 is 1.79 bits per heavy atom. The summed E-state index contributed by atoms with van der Waals surface area (Å²) in [6, 6.07) is 22.0. The molecule has 38 heavy (non-hydrogen) atoms. The summed E-state index contributed by atoms with van der Waals surface area (Å²) < 4.78 is 5.90. The Bertz CT molecular complexity index is 1490. The first-order chi connectivity index (χ1) is 18.3. The molecule has 1 aliphatic heterocycles. The van der Waals surface area contributed by atoms with Crippen LogP contribution < -0.4 is 9.64 Å². The number of aryl methyl sites for hydroxylation is 1. The zero-order valence-corrected chi connectivity index (χ0v) is 22.2. The Hall–Kier alpha value is -4.23. The predicted molar refractivity (Wildman–Crippen MR) is 149 cm³/mol. The molecule has 1 aliphatic rings. The van der Waals surface area contributed by atoms with Crippen LogP contribution in [0.15, 0.2) is 89.9 Å². The van der Waals surface area contributed by atoms with E-state index in [1.54, 1.807) is 35.8 Å². The number of aliphatic hydroxyl groups is 1. The van der Waals surface area contributed by atoms with Crippen molar-refractivity contribution in [2.45, 2.75) is 39.3 Å². The molecule has 3 aromatic carbocycles. The van der Waals surface area contributed by atoms with Crippen LogP contribution in [0, 0.1) is 6.92 Å². The fourth-order valence-corrected chi connectivity index (χ4v) is 5.24. The van der Waals surface area contributed by atoms with Gasteiger partial charge in [-0.25, -0.2) is 4.98 Å². The maximum Gasteiger partial charge on any atom is 0.301 e. The Labute approximate surface area is 225 Å². The van der Waals surface area contributed by atoms with Gasteiger partial charge in [0.1, 0.15) is 18.1 Å². The highest BCUT2D eigenvalue weighted by Crippen LogP contribution is 2.43. The topological polar surface area (TPSA) is 79.7 Å². The van der Waals surface area contributed by atoms with E-state index in [9.17, 15) is 14.7 Å². The molecule has 0 spiro atoms. The number of Topliss-reactive ketones (excluding diaryl/α,β-unsaturated/α-hetero) is 1. The summed E-state index contributed by atoms with van der Waals surface area (Å²) >= 11 is 1.27. The summed E-state index contributed by atoms with van der Waals surface area (Å²) in [6.45, 7) is 6.65. The number of ketones is 1. The standard InChI is InChI=1S/C31H28N2O4S/c1-19(2)22-7-9-23(10-8-22)27-26(29(35)30(36)33(27)31-32-15-16-38-31)28(34)24-11-13-25(14-12-24)37-18-21-6-4-5-20(3)17-21/h4-17,19,27,34H,18H2,1-3H3/t27-/m0/s1. The highest BCUT2D eigenvalue weighted by atomic mass is 32.1. The van der Waals surface area contributed by atoms with Crippen molar-refractivity contribution in [1.29, 1.82) is 0 Å². The highest BCUT2D eigenvalue weighted by Gasteiger charge is 2.47. The number of rotatable bonds is 7. The van der Waals surface area contributed by atoms with E-state index in [-0.39, 0.29) is 11.3 Å². The van der Waals surface area contributed by atoms with Crippen molar-refractivity contribution in [3.05, 3.63) is 118 Å². The summed E-state index contributed by atoms with van der Waals surface area (Å²) in [5.41, 5.74) is 4.55. The van der Waals surface area contributed by atoms with E-state index in [1.807, 2.05) is 49.4 Å². The largest absolute Gasteiger partial charge is 0.507 e. The minimum atomic E-state index is -0.792. The van der Waals surface area contributed by atoms with Crippen molar-refractivity contribution in [1.82, 2.24) is 4.98 Å². The van der Waals surface area contributed by atoms with Gasteiger partial charge in [0, 0.05) is 17.1 Å². The maximum atomic E-state index is 13.3. The van der Waals surface area contributed by atoms with Crippen molar-refractivity contribution in [2.24, 2.45) is 0 Å². The second-order valence-electron chi connectivity index (χ2n) is 9.61. The molecular formula is C31H28N2O4S. The van der Waals surface area contributed by atoms with Gasteiger partial charge in [0.15, 0.2) is 5.13 Å². The fraction of sp³-hybridized carbons (Fsp3) is 0.194. The van der Waals surface area contributed by atoms with Crippen molar-refractivity contribution in [3.63, 3.8) is 0 Å². The Morgan fingerprint density at radius 3 is 2.42 bits per heavy atom. The number of hydrogen-bond donors (Lipinski definition) is 1. The van der Waals surface area contributed by atoms with E-state index < -0.39 is 17.7 Å². The average Bonchev–Trinajstić information content (AvgIpc) is 3.54. The zero-order chi connectivity index (χ0) is 26.8. The van der Waals surface area contributed by atoms with Crippen LogP contribution in [0.3, 0.4) is 0 Å². The van der Waals surface area contributed by atoms with Crippen molar-refractivity contribution >= 4 is 33.9 Å². The van der Waals surface area contributed by atoms with Crippen LogP contribution in [-0.4, -0.2) is 21.8 Å². The van der Waals surface area contributed by atoms with E-state index in [0.717, 1.165) is 22.3 Å². The lowest BCUT2D eigenvalue weighted by atomic mass is 9.93. The number of ether oxygens (including phenoxy) is 1. The third-order valence-corrected chi connectivity index (χ3v) is 7.38. The molecule has 192 valence electrons. The van der Waals surface area contributed by atoms with Crippen molar-refractivity contribution in [2.75, 3.05) is 4.90 Å². The van der Waals surface area contributed by atoms with E-state index >= 15 is 0 Å². The van der Waals surface area contributed by atoms with Crippen LogP contribution in [0.25, 0.3) is 5.76 Å². The molecule has 1 saturated heterocycles. The van der Waals surface area contributed by atoms with Crippen LogP contribution in [0.5, 0.6) is 5.75 Å². The molecule has 1 aromatic heterocycles. The third-order valence-electron chi connectivity index (χ3n) is 6.60. The molecule has 1 atom stereocenters. The molecule has 1 N–H and O–H groups in total. The van der Waals surface area contributed by atoms with E-state index in [2.05, 4.69) is 24.9 Å². The van der Waals surface area contributed by atoms with Crippen LogP contribution in [0.2, 0.25) is 0 Å². The van der Waals surface area contributed by atoms with Crippen LogP contribution in [0.4, 0.5) is 5.13 Å². The SMILES string of the molecule is Cc1cccc(COc2ccc(C(O)=C3C(=O)C(=O)N(c4nccs4)[C@H]3c3ccc(C(C)C)cc3)cc2)c1. The van der Waals surface area contributed by atoms with Crippen LogP contribution in [-0.2, 0) is 16.2 Å². The number of aliphatic hydroxyl groups excluding tert-OH is 1. The molecule has 0 bridgehead atoms. The number of aromatic nitrogens is 1. The van der Waals surface area contributed by atoms with Gasteiger partial charge in [0.25, 0.3) is 5.78 Å². The number of carbonyl (C=O) groups excluding carboxylic acids is 2. The first kappa shape index (κ1) is 25.4. The van der Waals surface area contributed by atoms with Gasteiger partial charge in [-0.1, -0.05) is 67.9 Å². The Kier molecular flexibility index (Phi) is 7.11. The van der Waals surface area contributed by atoms with Crippen LogP contribution in [0.1, 0.15) is 53.6 Å². The fourth-order valence-electron chi connectivity index (χ4n) is 4.58. The number of amides is 1. The minimum absolute atomic E-state index is 0.0379. The predicted octanol–water partition coefficient (Wildman–Crippen LogP) is 6.78. The van der Waals surface area contributed by atoms with Gasteiger partial charge in [0.2, 0.25) is 0 Å². The molecule has 6 nitrogen and oxygen atoms in total. The van der Waals surface area contributed by atoms with E-state index in [0.29, 0.717) is 29.0 Å². The average molecular weight is 525 g/mol. The highest BCUT2D eigenvalue weighted by molar-refractivity contribution is 7.14. The lowest BCUT2D eigenvalue weighted by molar-refractivity contribution is -0.132. The van der Waals surface area contributed by atoms with Gasteiger partial charge in [-0.15, -0.1) is 11.3 Å². The van der Waals surface area contributed by atoms with Crippen molar-refractivity contribution in [3.8, 4) is 5.75 Å². The van der Waals surface area contributed by atoms with Crippen LogP contribution >= 0.6 is 11.3 Å². The summed E-state index contributed by atoms with van der Waals surface area (Å²) in [5, 5.41) is 13.5. The summed E-state index contributed by atoms with van der Waals surface area (Å²) in [6.07, 6.45) is 1.59. The zero-order valence-electron chi connectivity index (χ0n) is 21.4. The maximum absolute atomic E-state index is 13.3. The smallest absolute Gasteiger partial charge is 0.301 e. The van der Waals surface area contributed by atoms with Gasteiger partial charge in [-0.2, -0.15) is 0 Å². The van der Waals surface area contributed by atoms with Gasteiger partial charge < -0.3 is 9.84 Å². The minimum Gasteiger partial charge on any atom is -0.507 e. The number of carbonyl (C=O) groups is 2. The quantitative estimate of drug-likeness (QED) is 0.164. The van der Waals surface area contributed by atoms with E-state index in [1.165, 1.54) is 16.2 Å². The second kappa shape index (κ2) is 10.6. The summed E-state index contributed by atoms with van der Waals surface area (Å²) in [5.74, 6) is -0.716. The second-order valence-corrected chi connectivity index (χ2v) is 10.5. The van der Waals surface area contributed by atoms with Gasteiger partial charge in [-0.3, -0.25) is 14.5 Å². The van der Waals surface area contributed by atoms with E-state index in [4.69, 9.17) is 4.74 Å². The molecule has 1 amide bonds. The Balaban J connectivity index is 1.49.